The van der Waals surface area contributed by atoms with E-state index in [0.717, 1.165) is 24.1 Å². The Morgan fingerprint density at radius 1 is 1.29 bits per heavy atom. The third-order valence-electron chi connectivity index (χ3n) is 4.72. The van der Waals surface area contributed by atoms with Crippen LogP contribution in [0.5, 0.6) is 0 Å². The molecule has 112 valence electrons. The minimum Gasteiger partial charge on any atom is -0.327 e. The van der Waals surface area contributed by atoms with Crippen LogP contribution in [-0.2, 0) is 16.1 Å². The third kappa shape index (κ3) is 2.94. The first-order valence-corrected chi connectivity index (χ1v) is 7.83. The largest absolute Gasteiger partial charge is 0.327 e. The number of para-hydroxylation sites is 1. The fraction of sp³-hybridized carbons (Fsp3) is 0.529. The fourth-order valence-corrected chi connectivity index (χ4v) is 3.36. The van der Waals surface area contributed by atoms with Gasteiger partial charge in [-0.15, -0.1) is 0 Å². The van der Waals surface area contributed by atoms with Gasteiger partial charge in [0.2, 0.25) is 11.8 Å². The van der Waals surface area contributed by atoms with Crippen molar-refractivity contribution < 1.29 is 9.59 Å². The Balaban J connectivity index is 1.79. The number of hydrogen-bond acceptors (Lipinski definition) is 2. The second kappa shape index (κ2) is 5.88. The number of nitrogens with one attached hydrogen (secondary N) is 1. The highest BCUT2D eigenvalue weighted by Crippen LogP contribution is 2.30. The van der Waals surface area contributed by atoms with Crippen molar-refractivity contribution in [1.29, 1.82) is 0 Å². The van der Waals surface area contributed by atoms with E-state index in [1.165, 1.54) is 12.8 Å². The van der Waals surface area contributed by atoms with Crippen LogP contribution in [0.15, 0.2) is 24.3 Å². The highest BCUT2D eigenvalue weighted by atomic mass is 16.2. The topological polar surface area (TPSA) is 49.4 Å². The van der Waals surface area contributed by atoms with E-state index in [2.05, 4.69) is 5.32 Å². The van der Waals surface area contributed by atoms with Gasteiger partial charge in [0, 0.05) is 18.7 Å². The molecule has 4 nitrogen and oxygen atoms in total. The van der Waals surface area contributed by atoms with E-state index in [9.17, 15) is 9.59 Å². The molecule has 21 heavy (non-hydrogen) atoms. The number of anilines is 1. The molecule has 3 rings (SSSR count). The van der Waals surface area contributed by atoms with E-state index in [4.69, 9.17) is 0 Å². The van der Waals surface area contributed by atoms with Gasteiger partial charge in [0.1, 0.15) is 6.04 Å². The molecule has 1 heterocycles. The van der Waals surface area contributed by atoms with E-state index >= 15 is 0 Å². The Kier molecular flexibility index (Phi) is 3.95. The summed E-state index contributed by atoms with van der Waals surface area (Å²) in [7, 11) is 0. The number of amides is 2. The summed E-state index contributed by atoms with van der Waals surface area (Å²) in [5.74, 6) is 0.521. The number of nitrogens with zero attached hydrogens (tertiary/aromatic N) is 1. The predicted molar refractivity (Wildman–Crippen MR) is 81.7 cm³/mol. The van der Waals surface area contributed by atoms with Crippen LogP contribution in [0, 0.1) is 5.92 Å². The van der Waals surface area contributed by atoms with E-state index in [1.807, 2.05) is 31.2 Å². The lowest BCUT2D eigenvalue weighted by Crippen LogP contribution is -2.43. The van der Waals surface area contributed by atoms with Gasteiger partial charge in [-0.2, -0.15) is 0 Å². The van der Waals surface area contributed by atoms with Gasteiger partial charge in [-0.25, -0.2) is 0 Å². The molecule has 1 unspecified atom stereocenters. The molecule has 1 atom stereocenters. The molecule has 2 aliphatic rings. The van der Waals surface area contributed by atoms with Gasteiger partial charge < -0.3 is 10.2 Å². The van der Waals surface area contributed by atoms with Gasteiger partial charge in [0.25, 0.3) is 0 Å². The summed E-state index contributed by atoms with van der Waals surface area (Å²) in [4.78, 5) is 26.6. The number of carbonyl (C=O) groups excluding carboxylic acids is 2. The summed E-state index contributed by atoms with van der Waals surface area (Å²) >= 11 is 0. The molecule has 1 saturated carbocycles. The molecule has 1 aliphatic carbocycles. The maximum absolute atomic E-state index is 12.6. The lowest BCUT2D eigenvalue weighted by Gasteiger charge is -2.27. The summed E-state index contributed by atoms with van der Waals surface area (Å²) in [5, 5.41) is 2.92. The number of rotatable bonds is 2. The van der Waals surface area contributed by atoms with Crippen molar-refractivity contribution in [3.63, 3.8) is 0 Å². The molecule has 0 radical (unpaired) electrons. The average Bonchev–Trinajstić information content (AvgIpc) is 2.93. The van der Waals surface area contributed by atoms with Gasteiger partial charge in [0.05, 0.1) is 0 Å². The Labute approximate surface area is 125 Å². The van der Waals surface area contributed by atoms with E-state index in [-0.39, 0.29) is 11.8 Å². The van der Waals surface area contributed by atoms with Crippen LogP contribution in [0.25, 0.3) is 0 Å². The predicted octanol–water partition coefficient (Wildman–Crippen LogP) is 2.94. The first-order valence-electron chi connectivity index (χ1n) is 7.83. The number of fused-ring (bicyclic) bond motifs is 1. The van der Waals surface area contributed by atoms with Gasteiger partial charge in [-0.05, 0) is 37.3 Å². The average molecular weight is 286 g/mol. The first-order chi connectivity index (χ1) is 10.1. The summed E-state index contributed by atoms with van der Waals surface area (Å²) in [6.07, 6.45) is 5.35. The maximum Gasteiger partial charge on any atom is 0.246 e. The zero-order valence-electron chi connectivity index (χ0n) is 12.5. The molecule has 1 aromatic rings. The Hall–Kier alpha value is -1.84. The summed E-state index contributed by atoms with van der Waals surface area (Å²) in [6, 6.07) is 7.31. The Morgan fingerprint density at radius 2 is 2.00 bits per heavy atom. The monoisotopic (exact) mass is 286 g/mol. The normalized spacial score (nSPS) is 22.6. The van der Waals surface area contributed by atoms with E-state index < -0.39 is 6.04 Å². The second-order valence-electron chi connectivity index (χ2n) is 6.20. The summed E-state index contributed by atoms with van der Waals surface area (Å²) in [5.41, 5.74) is 1.83. The molecular formula is C17H22N2O2. The highest BCUT2D eigenvalue weighted by Gasteiger charge is 2.31. The second-order valence-corrected chi connectivity index (χ2v) is 6.20. The Bertz CT molecular complexity index is 549. The van der Waals surface area contributed by atoms with Crippen molar-refractivity contribution in [2.24, 2.45) is 5.92 Å². The van der Waals surface area contributed by atoms with Crippen molar-refractivity contribution in [2.75, 3.05) is 5.32 Å². The number of benzene rings is 1. The lowest BCUT2D eigenvalue weighted by molar-refractivity contribution is -0.139. The molecule has 0 spiro atoms. The molecular weight excluding hydrogens is 264 g/mol. The molecule has 0 bridgehead atoms. The molecule has 1 aliphatic heterocycles. The van der Waals surface area contributed by atoms with Crippen molar-refractivity contribution >= 4 is 17.5 Å². The molecule has 0 saturated heterocycles. The maximum atomic E-state index is 12.6. The molecule has 2 amide bonds. The van der Waals surface area contributed by atoms with Gasteiger partial charge in [-0.1, -0.05) is 31.0 Å². The van der Waals surface area contributed by atoms with Gasteiger partial charge in [-0.3, -0.25) is 9.59 Å². The zero-order valence-corrected chi connectivity index (χ0v) is 12.5. The van der Waals surface area contributed by atoms with Crippen LogP contribution in [-0.4, -0.2) is 22.8 Å². The van der Waals surface area contributed by atoms with Crippen LogP contribution in [0.4, 0.5) is 5.69 Å². The van der Waals surface area contributed by atoms with E-state index in [1.54, 1.807) is 4.90 Å². The third-order valence-corrected chi connectivity index (χ3v) is 4.72. The lowest BCUT2D eigenvalue weighted by atomic mass is 10.0. The molecule has 1 N–H and O–H groups in total. The Morgan fingerprint density at radius 3 is 2.76 bits per heavy atom. The summed E-state index contributed by atoms with van der Waals surface area (Å²) in [6.45, 7) is 2.33. The van der Waals surface area contributed by atoms with Crippen LogP contribution in [0.2, 0.25) is 0 Å². The van der Waals surface area contributed by atoms with Crippen LogP contribution in [0.3, 0.4) is 0 Å². The number of carbonyl (C=O) groups is 2. The van der Waals surface area contributed by atoms with Gasteiger partial charge >= 0.3 is 0 Å². The molecule has 1 fully saturated rings. The van der Waals surface area contributed by atoms with Crippen LogP contribution >= 0.6 is 0 Å². The zero-order chi connectivity index (χ0) is 14.8. The molecule has 4 heteroatoms. The van der Waals surface area contributed by atoms with Crippen LogP contribution in [0.1, 0.15) is 44.6 Å². The molecule has 0 aromatic heterocycles. The SMILES string of the molecule is CC1C(=O)Nc2ccccc2CN1C(=O)CC1CCCC1. The van der Waals surface area contributed by atoms with Crippen LogP contribution < -0.4 is 5.32 Å². The quantitative estimate of drug-likeness (QED) is 0.908. The van der Waals surface area contributed by atoms with Crippen molar-refractivity contribution in [3.05, 3.63) is 29.8 Å². The summed E-state index contributed by atoms with van der Waals surface area (Å²) < 4.78 is 0. The standard InChI is InChI=1S/C17H22N2O2/c1-12-17(21)18-15-9-5-4-8-14(15)11-19(12)16(20)10-13-6-2-3-7-13/h4-5,8-9,12-13H,2-3,6-7,10-11H2,1H3,(H,18,21). The number of hydrogen-bond donors (Lipinski definition) is 1. The molecule has 1 aromatic carbocycles. The van der Waals surface area contributed by atoms with Crippen molar-refractivity contribution in [3.8, 4) is 0 Å². The smallest absolute Gasteiger partial charge is 0.246 e. The van der Waals surface area contributed by atoms with Gasteiger partial charge in [0.15, 0.2) is 0 Å². The minimum atomic E-state index is -0.411. The fourth-order valence-electron chi connectivity index (χ4n) is 3.36. The minimum absolute atomic E-state index is 0.0975. The highest BCUT2D eigenvalue weighted by molar-refractivity contribution is 5.98. The van der Waals surface area contributed by atoms with E-state index in [0.29, 0.717) is 18.9 Å². The van der Waals surface area contributed by atoms with Crippen molar-refractivity contribution in [2.45, 2.75) is 51.6 Å². The van der Waals surface area contributed by atoms with Crippen molar-refractivity contribution in [1.82, 2.24) is 4.90 Å². The first kappa shape index (κ1) is 14.1.